The molecule has 1 aromatic rings. The summed E-state index contributed by atoms with van der Waals surface area (Å²) in [6.07, 6.45) is 8.11. The number of anilines is 1. The molecule has 21 heavy (non-hydrogen) atoms. The maximum Gasteiger partial charge on any atom is 0.0316 e. The van der Waals surface area contributed by atoms with Gasteiger partial charge >= 0.3 is 0 Å². The third-order valence-corrected chi connectivity index (χ3v) is 5.13. The van der Waals surface area contributed by atoms with Crippen molar-refractivity contribution in [3.63, 3.8) is 0 Å². The first-order valence-electron chi connectivity index (χ1n) is 8.62. The minimum absolute atomic E-state index is 0.855. The van der Waals surface area contributed by atoms with Crippen molar-refractivity contribution in [2.75, 3.05) is 38.5 Å². The Hall–Kier alpha value is -1.06. The number of nitrogens with zero attached hydrogens (tertiary/aromatic N) is 2. The fraction of sp³-hybridized carbons (Fsp3) is 0.667. The summed E-state index contributed by atoms with van der Waals surface area (Å²) in [5.74, 6) is 0. The van der Waals surface area contributed by atoms with Gasteiger partial charge in [0.15, 0.2) is 0 Å². The van der Waals surface area contributed by atoms with Crippen LogP contribution >= 0.6 is 0 Å². The van der Waals surface area contributed by atoms with Crippen LogP contribution in [0.15, 0.2) is 24.3 Å². The lowest BCUT2D eigenvalue weighted by atomic mass is 9.99. The van der Waals surface area contributed by atoms with Crippen LogP contribution in [0.3, 0.4) is 0 Å². The minimum atomic E-state index is 0.855. The van der Waals surface area contributed by atoms with Crippen LogP contribution in [0.5, 0.6) is 0 Å². The fourth-order valence-electron chi connectivity index (χ4n) is 3.83. The van der Waals surface area contributed by atoms with Gasteiger partial charge in [0, 0.05) is 18.3 Å². The number of hydrogen-bond donors (Lipinski definition) is 1. The van der Waals surface area contributed by atoms with Gasteiger partial charge in [0.2, 0.25) is 0 Å². The summed E-state index contributed by atoms with van der Waals surface area (Å²) in [6, 6.07) is 9.19. The summed E-state index contributed by atoms with van der Waals surface area (Å²) < 4.78 is 0. The van der Waals surface area contributed by atoms with E-state index in [4.69, 9.17) is 5.73 Å². The zero-order valence-corrected chi connectivity index (χ0v) is 13.1. The molecule has 116 valence electrons. The van der Waals surface area contributed by atoms with Crippen molar-refractivity contribution >= 4 is 5.69 Å². The predicted molar refractivity (Wildman–Crippen MR) is 89.4 cm³/mol. The first-order valence-corrected chi connectivity index (χ1v) is 8.62. The SMILES string of the molecule is Nc1cccc(CCN2CCC(N3CCCCC3)CC2)c1. The summed E-state index contributed by atoms with van der Waals surface area (Å²) in [6.45, 7) is 6.39. The van der Waals surface area contributed by atoms with Crippen LogP contribution in [0.1, 0.15) is 37.7 Å². The zero-order valence-electron chi connectivity index (χ0n) is 13.1. The predicted octanol–water partition coefficient (Wildman–Crippen LogP) is 2.76. The highest BCUT2D eigenvalue weighted by atomic mass is 15.2. The lowest BCUT2D eigenvalue weighted by molar-refractivity contribution is 0.0931. The largest absolute Gasteiger partial charge is 0.399 e. The molecule has 0 unspecified atom stereocenters. The topological polar surface area (TPSA) is 32.5 Å². The highest BCUT2D eigenvalue weighted by molar-refractivity contribution is 5.40. The van der Waals surface area contributed by atoms with Gasteiger partial charge in [-0.3, -0.25) is 0 Å². The van der Waals surface area contributed by atoms with E-state index in [1.165, 1.54) is 70.4 Å². The number of likely N-dealkylation sites (tertiary alicyclic amines) is 2. The number of nitrogens with two attached hydrogens (primary N) is 1. The lowest BCUT2D eigenvalue weighted by Gasteiger charge is -2.40. The second kappa shape index (κ2) is 7.28. The van der Waals surface area contributed by atoms with Crippen molar-refractivity contribution in [1.82, 2.24) is 9.80 Å². The highest BCUT2D eigenvalue weighted by Crippen LogP contribution is 2.21. The van der Waals surface area contributed by atoms with Crippen LogP contribution in [0.4, 0.5) is 5.69 Å². The molecule has 0 radical (unpaired) electrons. The van der Waals surface area contributed by atoms with E-state index in [2.05, 4.69) is 28.0 Å². The lowest BCUT2D eigenvalue weighted by Crippen LogP contribution is -2.47. The molecule has 2 aliphatic heterocycles. The summed E-state index contributed by atoms with van der Waals surface area (Å²) in [7, 11) is 0. The van der Waals surface area contributed by atoms with Crippen molar-refractivity contribution in [2.24, 2.45) is 0 Å². The Morgan fingerprint density at radius 3 is 2.48 bits per heavy atom. The summed E-state index contributed by atoms with van der Waals surface area (Å²) in [5, 5.41) is 0. The summed E-state index contributed by atoms with van der Waals surface area (Å²) >= 11 is 0. The third kappa shape index (κ3) is 4.21. The number of piperidine rings is 2. The smallest absolute Gasteiger partial charge is 0.0316 e. The van der Waals surface area contributed by atoms with Crippen molar-refractivity contribution in [2.45, 2.75) is 44.6 Å². The molecule has 2 fully saturated rings. The van der Waals surface area contributed by atoms with Crippen LogP contribution < -0.4 is 5.73 Å². The Bertz CT molecular complexity index is 432. The van der Waals surface area contributed by atoms with Crippen LogP contribution in [0.2, 0.25) is 0 Å². The quantitative estimate of drug-likeness (QED) is 0.864. The Labute approximate surface area is 129 Å². The van der Waals surface area contributed by atoms with Gasteiger partial charge in [-0.1, -0.05) is 18.6 Å². The molecule has 3 rings (SSSR count). The first-order chi connectivity index (χ1) is 10.3. The van der Waals surface area contributed by atoms with Gasteiger partial charge in [0.1, 0.15) is 0 Å². The van der Waals surface area contributed by atoms with Crippen LogP contribution in [0, 0.1) is 0 Å². The van der Waals surface area contributed by atoms with Gasteiger partial charge in [0.05, 0.1) is 0 Å². The van der Waals surface area contributed by atoms with Crippen molar-refractivity contribution in [3.8, 4) is 0 Å². The summed E-state index contributed by atoms with van der Waals surface area (Å²) in [5.41, 5.74) is 8.10. The fourth-order valence-corrected chi connectivity index (χ4v) is 3.83. The van der Waals surface area contributed by atoms with Gasteiger partial charge in [-0.15, -0.1) is 0 Å². The van der Waals surface area contributed by atoms with Gasteiger partial charge < -0.3 is 15.5 Å². The molecule has 0 saturated carbocycles. The van der Waals surface area contributed by atoms with Crippen molar-refractivity contribution < 1.29 is 0 Å². The number of nitrogen functional groups attached to an aromatic ring is 1. The van der Waals surface area contributed by atoms with E-state index < -0.39 is 0 Å². The van der Waals surface area contributed by atoms with Crippen molar-refractivity contribution in [3.05, 3.63) is 29.8 Å². The van der Waals surface area contributed by atoms with Crippen molar-refractivity contribution in [1.29, 1.82) is 0 Å². The van der Waals surface area contributed by atoms with Gasteiger partial charge in [-0.05, 0) is 76.0 Å². The van der Waals surface area contributed by atoms with E-state index in [0.29, 0.717) is 0 Å². The Kier molecular flexibility index (Phi) is 5.15. The van der Waals surface area contributed by atoms with Crippen LogP contribution in [-0.2, 0) is 6.42 Å². The number of benzene rings is 1. The molecular formula is C18H29N3. The normalized spacial score (nSPS) is 22.5. The molecule has 0 atom stereocenters. The average molecular weight is 287 g/mol. The van der Waals surface area contributed by atoms with E-state index in [1.54, 1.807) is 0 Å². The Morgan fingerprint density at radius 1 is 1.00 bits per heavy atom. The molecule has 0 aliphatic carbocycles. The maximum atomic E-state index is 5.85. The average Bonchev–Trinajstić information content (AvgIpc) is 2.54. The number of hydrogen-bond acceptors (Lipinski definition) is 3. The number of rotatable bonds is 4. The van der Waals surface area contributed by atoms with E-state index in [9.17, 15) is 0 Å². The molecule has 0 bridgehead atoms. The second-order valence-electron chi connectivity index (χ2n) is 6.66. The second-order valence-corrected chi connectivity index (χ2v) is 6.66. The molecule has 1 aromatic carbocycles. The zero-order chi connectivity index (χ0) is 14.5. The van der Waals surface area contributed by atoms with E-state index >= 15 is 0 Å². The van der Waals surface area contributed by atoms with Crippen LogP contribution in [-0.4, -0.2) is 48.6 Å². The molecule has 2 aliphatic rings. The van der Waals surface area contributed by atoms with E-state index in [1.807, 2.05) is 6.07 Å². The third-order valence-electron chi connectivity index (χ3n) is 5.13. The Morgan fingerprint density at radius 2 is 1.76 bits per heavy atom. The molecule has 0 spiro atoms. The van der Waals surface area contributed by atoms with Gasteiger partial charge in [-0.25, -0.2) is 0 Å². The molecule has 3 heteroatoms. The summed E-state index contributed by atoms with van der Waals surface area (Å²) in [4.78, 5) is 5.38. The molecule has 0 amide bonds. The highest BCUT2D eigenvalue weighted by Gasteiger charge is 2.25. The molecular weight excluding hydrogens is 258 g/mol. The maximum absolute atomic E-state index is 5.85. The molecule has 3 nitrogen and oxygen atoms in total. The molecule has 2 heterocycles. The molecule has 2 saturated heterocycles. The van der Waals surface area contributed by atoms with Gasteiger partial charge in [-0.2, -0.15) is 0 Å². The standard InChI is InChI=1S/C18H29N3/c19-17-6-4-5-16(15-17)7-12-20-13-8-18(9-14-20)21-10-2-1-3-11-21/h4-6,15,18H,1-3,7-14,19H2. The van der Waals surface area contributed by atoms with Crippen LogP contribution in [0.25, 0.3) is 0 Å². The van der Waals surface area contributed by atoms with E-state index in [-0.39, 0.29) is 0 Å². The Balaban J connectivity index is 1.41. The molecule has 2 N–H and O–H groups in total. The monoisotopic (exact) mass is 287 g/mol. The van der Waals surface area contributed by atoms with E-state index in [0.717, 1.165) is 18.2 Å². The van der Waals surface area contributed by atoms with Gasteiger partial charge in [0.25, 0.3) is 0 Å². The minimum Gasteiger partial charge on any atom is -0.399 e. The first kappa shape index (κ1) is 14.9. The molecule has 0 aromatic heterocycles.